The van der Waals surface area contributed by atoms with Crippen LogP contribution in [0, 0.1) is 5.92 Å². The normalized spacial score (nSPS) is 16.2. The van der Waals surface area contributed by atoms with E-state index in [9.17, 15) is 9.90 Å². The van der Waals surface area contributed by atoms with E-state index < -0.39 is 0 Å². The van der Waals surface area contributed by atoms with E-state index in [4.69, 9.17) is 11.6 Å². The van der Waals surface area contributed by atoms with Crippen molar-refractivity contribution < 1.29 is 9.90 Å². The molecule has 0 atom stereocenters. The van der Waals surface area contributed by atoms with Gasteiger partial charge in [-0.1, -0.05) is 49.4 Å². The van der Waals surface area contributed by atoms with Crippen molar-refractivity contribution in [1.82, 2.24) is 9.88 Å². The fourth-order valence-electron chi connectivity index (χ4n) is 3.68. The van der Waals surface area contributed by atoms with Crippen molar-refractivity contribution in [3.8, 4) is 0 Å². The zero-order valence-electron chi connectivity index (χ0n) is 13.9. The fraction of sp³-hybridized carbons (Fsp3) is 0.526. The Morgan fingerprint density at radius 3 is 2.71 bits per heavy atom. The standard InChI is InChI=1S/C19H25ClN2O2/c20-17-9-5-8-15-16(13-22(10-11-23)18(15)17)19(24)21-12-14-6-3-1-2-4-7-14/h5,8-9,13-14,23H,1-4,6-7,10-12H2,(H,21,24). The second-order valence-corrected chi connectivity index (χ2v) is 7.07. The van der Waals surface area contributed by atoms with Gasteiger partial charge in [-0.25, -0.2) is 0 Å². The molecule has 1 aliphatic rings. The minimum atomic E-state index is -0.0526. The lowest BCUT2D eigenvalue weighted by Gasteiger charge is -2.14. The Morgan fingerprint density at radius 1 is 1.25 bits per heavy atom. The van der Waals surface area contributed by atoms with Gasteiger partial charge in [0.2, 0.25) is 0 Å². The number of nitrogens with zero attached hydrogens (tertiary/aromatic N) is 1. The van der Waals surface area contributed by atoms with E-state index in [0.29, 0.717) is 23.0 Å². The van der Waals surface area contributed by atoms with Gasteiger partial charge in [0.1, 0.15) is 0 Å². The summed E-state index contributed by atoms with van der Waals surface area (Å²) in [7, 11) is 0. The lowest BCUT2D eigenvalue weighted by atomic mass is 10.0. The van der Waals surface area contributed by atoms with Crippen LogP contribution in [0.4, 0.5) is 0 Å². The largest absolute Gasteiger partial charge is 0.395 e. The van der Waals surface area contributed by atoms with Gasteiger partial charge in [-0.2, -0.15) is 0 Å². The number of rotatable bonds is 5. The van der Waals surface area contributed by atoms with Gasteiger partial charge in [-0.05, 0) is 24.8 Å². The molecule has 1 amide bonds. The molecular formula is C19H25ClN2O2. The van der Waals surface area contributed by atoms with Crippen LogP contribution in [-0.4, -0.2) is 28.7 Å². The third kappa shape index (κ3) is 3.76. The Hall–Kier alpha value is -1.52. The van der Waals surface area contributed by atoms with E-state index >= 15 is 0 Å². The lowest BCUT2D eigenvalue weighted by molar-refractivity contribution is 0.0947. The third-order valence-electron chi connectivity index (χ3n) is 4.96. The van der Waals surface area contributed by atoms with Crippen LogP contribution in [0.3, 0.4) is 0 Å². The van der Waals surface area contributed by atoms with Crippen LogP contribution in [0.1, 0.15) is 48.9 Å². The first kappa shape index (κ1) is 17.3. The second-order valence-electron chi connectivity index (χ2n) is 6.66. The van der Waals surface area contributed by atoms with Crippen molar-refractivity contribution in [3.05, 3.63) is 35.0 Å². The molecule has 24 heavy (non-hydrogen) atoms. The van der Waals surface area contributed by atoms with Crippen LogP contribution in [0.2, 0.25) is 5.02 Å². The summed E-state index contributed by atoms with van der Waals surface area (Å²) >= 11 is 6.30. The summed E-state index contributed by atoms with van der Waals surface area (Å²) in [4.78, 5) is 12.7. The molecule has 130 valence electrons. The van der Waals surface area contributed by atoms with Crippen molar-refractivity contribution in [3.63, 3.8) is 0 Å². The molecule has 2 N–H and O–H groups in total. The Kier molecular flexibility index (Phi) is 5.80. The van der Waals surface area contributed by atoms with Crippen LogP contribution >= 0.6 is 11.6 Å². The van der Waals surface area contributed by atoms with Crippen molar-refractivity contribution in [1.29, 1.82) is 0 Å². The number of benzene rings is 1. The van der Waals surface area contributed by atoms with Gasteiger partial charge in [0.05, 0.1) is 22.7 Å². The zero-order valence-corrected chi connectivity index (χ0v) is 14.7. The number of aromatic nitrogens is 1. The van der Waals surface area contributed by atoms with Crippen molar-refractivity contribution in [2.24, 2.45) is 5.92 Å². The van der Waals surface area contributed by atoms with Crippen LogP contribution in [0.25, 0.3) is 10.9 Å². The van der Waals surface area contributed by atoms with Crippen LogP contribution < -0.4 is 5.32 Å². The van der Waals surface area contributed by atoms with Gasteiger partial charge in [-0.15, -0.1) is 0 Å². The average Bonchev–Trinajstić information content (AvgIpc) is 2.77. The maximum atomic E-state index is 12.7. The summed E-state index contributed by atoms with van der Waals surface area (Å²) in [5, 5.41) is 13.8. The molecule has 0 radical (unpaired) electrons. The fourth-order valence-corrected chi connectivity index (χ4v) is 3.96. The van der Waals surface area contributed by atoms with Gasteiger partial charge in [0, 0.05) is 24.7 Å². The predicted octanol–water partition coefficient (Wildman–Crippen LogP) is 3.99. The minimum absolute atomic E-state index is 0.0120. The number of nitrogens with one attached hydrogen (secondary N) is 1. The van der Waals surface area contributed by atoms with Gasteiger partial charge < -0.3 is 15.0 Å². The van der Waals surface area contributed by atoms with E-state index in [1.54, 1.807) is 6.20 Å². The molecule has 1 aromatic heterocycles. The van der Waals surface area contributed by atoms with Crippen LogP contribution in [-0.2, 0) is 6.54 Å². The second kappa shape index (κ2) is 8.04. The Balaban J connectivity index is 1.78. The Bertz CT molecular complexity index is 703. The summed E-state index contributed by atoms with van der Waals surface area (Å²) in [6.07, 6.45) is 9.39. The molecule has 0 unspecified atom stereocenters. The summed E-state index contributed by atoms with van der Waals surface area (Å²) < 4.78 is 1.86. The molecule has 2 aromatic rings. The van der Waals surface area contributed by atoms with E-state index in [1.807, 2.05) is 22.8 Å². The summed E-state index contributed by atoms with van der Waals surface area (Å²) in [6.45, 7) is 1.18. The number of amides is 1. The number of carbonyl (C=O) groups excluding carboxylic acids is 1. The maximum Gasteiger partial charge on any atom is 0.253 e. The first-order chi connectivity index (χ1) is 11.7. The SMILES string of the molecule is O=C(NCC1CCCCCC1)c1cn(CCO)c2c(Cl)cccc12. The minimum Gasteiger partial charge on any atom is -0.395 e. The average molecular weight is 349 g/mol. The first-order valence-corrected chi connectivity index (χ1v) is 9.25. The van der Waals surface area contributed by atoms with E-state index in [1.165, 1.54) is 38.5 Å². The quantitative estimate of drug-likeness (QED) is 0.803. The van der Waals surface area contributed by atoms with Crippen molar-refractivity contribution >= 4 is 28.4 Å². The highest BCUT2D eigenvalue weighted by molar-refractivity contribution is 6.35. The molecule has 0 bridgehead atoms. The van der Waals surface area contributed by atoms with E-state index in [0.717, 1.165) is 17.4 Å². The van der Waals surface area contributed by atoms with Gasteiger partial charge in [0.15, 0.2) is 0 Å². The molecule has 4 nitrogen and oxygen atoms in total. The molecule has 0 aliphatic heterocycles. The zero-order chi connectivity index (χ0) is 16.9. The van der Waals surface area contributed by atoms with Gasteiger partial charge in [-0.3, -0.25) is 4.79 Å². The van der Waals surface area contributed by atoms with Crippen molar-refractivity contribution in [2.75, 3.05) is 13.2 Å². The summed E-state index contributed by atoms with van der Waals surface area (Å²) in [5.41, 5.74) is 1.45. The number of aliphatic hydroxyl groups is 1. The molecule has 1 aliphatic carbocycles. The van der Waals surface area contributed by atoms with E-state index in [-0.39, 0.29) is 12.5 Å². The van der Waals surface area contributed by atoms with E-state index in [2.05, 4.69) is 5.32 Å². The van der Waals surface area contributed by atoms with Crippen LogP contribution in [0.5, 0.6) is 0 Å². The third-order valence-corrected chi connectivity index (χ3v) is 5.27. The first-order valence-electron chi connectivity index (χ1n) is 8.87. The number of carbonyl (C=O) groups is 1. The number of aliphatic hydroxyl groups excluding tert-OH is 1. The maximum absolute atomic E-state index is 12.7. The summed E-state index contributed by atoms with van der Waals surface area (Å²) in [6, 6.07) is 5.58. The number of halogens is 1. The topological polar surface area (TPSA) is 54.3 Å². The molecule has 1 heterocycles. The molecule has 3 rings (SSSR count). The molecule has 5 heteroatoms. The van der Waals surface area contributed by atoms with Gasteiger partial charge in [0.25, 0.3) is 5.91 Å². The molecule has 0 saturated heterocycles. The smallest absolute Gasteiger partial charge is 0.253 e. The Labute approximate surface area is 147 Å². The lowest BCUT2D eigenvalue weighted by Crippen LogP contribution is -2.29. The molecule has 0 spiro atoms. The number of hydrogen-bond acceptors (Lipinski definition) is 2. The molecule has 1 aromatic carbocycles. The van der Waals surface area contributed by atoms with Gasteiger partial charge >= 0.3 is 0 Å². The molecular weight excluding hydrogens is 324 g/mol. The number of fused-ring (bicyclic) bond motifs is 1. The molecule has 1 fully saturated rings. The highest BCUT2D eigenvalue weighted by Crippen LogP contribution is 2.28. The monoisotopic (exact) mass is 348 g/mol. The van der Waals surface area contributed by atoms with Crippen LogP contribution in [0.15, 0.2) is 24.4 Å². The summed E-state index contributed by atoms with van der Waals surface area (Å²) in [5.74, 6) is 0.536. The molecule has 1 saturated carbocycles. The highest BCUT2D eigenvalue weighted by Gasteiger charge is 2.18. The predicted molar refractivity (Wildman–Crippen MR) is 97.6 cm³/mol. The van der Waals surface area contributed by atoms with Crippen molar-refractivity contribution in [2.45, 2.75) is 45.1 Å². The highest BCUT2D eigenvalue weighted by atomic mass is 35.5. The number of hydrogen-bond donors (Lipinski definition) is 2. The number of para-hydroxylation sites is 1. The Morgan fingerprint density at radius 2 is 2.00 bits per heavy atom.